The van der Waals surface area contributed by atoms with Crippen LogP contribution in [0.3, 0.4) is 0 Å². The van der Waals surface area contributed by atoms with Crippen molar-refractivity contribution < 1.29 is 33.2 Å². The number of nitrogens with zero attached hydrogens (tertiary/aromatic N) is 1. The molecule has 4 atom stereocenters. The van der Waals surface area contributed by atoms with Gasteiger partial charge in [0.1, 0.15) is 17.3 Å². The van der Waals surface area contributed by atoms with E-state index < -0.39 is 46.6 Å². The van der Waals surface area contributed by atoms with Gasteiger partial charge in [-0.05, 0) is 97.0 Å². The topological polar surface area (TPSA) is 166 Å². The number of fused-ring (bicyclic) bond motifs is 4. The van der Waals surface area contributed by atoms with Gasteiger partial charge in [-0.2, -0.15) is 0 Å². The molecule has 6 amide bonds. The summed E-state index contributed by atoms with van der Waals surface area (Å²) in [5.74, 6) is 2.42. The van der Waals surface area contributed by atoms with Crippen LogP contribution >= 0.6 is 23.2 Å². The van der Waals surface area contributed by atoms with Gasteiger partial charge in [0.2, 0.25) is 23.6 Å². The second kappa shape index (κ2) is 16.9. The number of unbranched alkanes of at least 4 members (excludes halogenated alkanes) is 1. The SMILES string of the molecule is O=C1CCC(N2Cc3c(C#CCCCNC(=O)c4ccc(NC(=O)[C@@H]5NC6(CCCCC6)[C@@]6(C(=O)Nc7cc(Cl)ccc76)C5c5cccc(Cl)c5F)cc4)cccc3C2=O)C(=O)N1. The lowest BCUT2D eigenvalue weighted by molar-refractivity contribution is -0.137. The van der Waals surface area contributed by atoms with Crippen LogP contribution in [0.2, 0.25) is 10.0 Å². The number of amides is 6. The number of imide groups is 1. The molecule has 5 N–H and O–H groups in total. The number of hydrogen-bond donors (Lipinski definition) is 5. The fourth-order valence-corrected chi connectivity index (χ4v) is 10.8. The molecule has 9 rings (SSSR count). The Morgan fingerprint density at radius 2 is 1.70 bits per heavy atom. The Bertz CT molecular complexity index is 2660. The van der Waals surface area contributed by atoms with E-state index in [2.05, 4.69) is 38.4 Å². The summed E-state index contributed by atoms with van der Waals surface area (Å²) in [4.78, 5) is 80.9. The maximum Gasteiger partial charge on any atom is 0.255 e. The number of piperidine rings is 1. The summed E-state index contributed by atoms with van der Waals surface area (Å²) < 4.78 is 16.2. The summed E-state index contributed by atoms with van der Waals surface area (Å²) in [5.41, 5.74) is 1.82. The van der Waals surface area contributed by atoms with Crippen molar-refractivity contribution in [3.8, 4) is 11.8 Å². The van der Waals surface area contributed by atoms with Crippen LogP contribution in [-0.2, 0) is 31.1 Å². The third-order valence-corrected chi connectivity index (χ3v) is 13.8. The molecular formula is C48H43Cl2FN6O6. The normalized spacial score (nSPS) is 23.2. The Balaban J connectivity index is 0.860. The highest BCUT2D eigenvalue weighted by molar-refractivity contribution is 6.31. The lowest BCUT2D eigenvalue weighted by Crippen LogP contribution is -2.60. The van der Waals surface area contributed by atoms with Gasteiger partial charge in [-0.3, -0.25) is 39.4 Å². The fraction of sp³-hybridized carbons (Fsp3) is 0.333. The largest absolute Gasteiger partial charge is 0.352 e. The third-order valence-electron chi connectivity index (χ3n) is 13.3. The van der Waals surface area contributed by atoms with Crippen LogP contribution in [0.15, 0.2) is 78.9 Å². The molecule has 0 bridgehead atoms. The van der Waals surface area contributed by atoms with Crippen LogP contribution < -0.4 is 26.6 Å². The smallest absolute Gasteiger partial charge is 0.255 e. The maximum atomic E-state index is 16.2. The maximum absolute atomic E-state index is 16.2. The van der Waals surface area contributed by atoms with Gasteiger partial charge >= 0.3 is 0 Å². The first-order valence-corrected chi connectivity index (χ1v) is 21.9. The zero-order chi connectivity index (χ0) is 44.0. The van der Waals surface area contributed by atoms with E-state index >= 15 is 4.39 Å². The van der Waals surface area contributed by atoms with E-state index in [9.17, 15) is 28.8 Å². The number of nitrogens with one attached hydrogen (secondary N) is 5. The molecule has 2 unspecified atom stereocenters. The highest BCUT2D eigenvalue weighted by atomic mass is 35.5. The summed E-state index contributed by atoms with van der Waals surface area (Å²) in [5, 5.41) is 15.2. The first kappa shape index (κ1) is 42.2. The van der Waals surface area contributed by atoms with E-state index in [0.717, 1.165) is 24.8 Å². The van der Waals surface area contributed by atoms with E-state index in [1.807, 2.05) is 6.07 Å². The standard InChI is InChI=1S/C48H43Cl2FN6O6/c49-29-16-19-34-36(25-29)54-46(63)48(34)39(32-12-8-13-35(50)40(32)51)41(56-47(48)22-4-2-5-23-47)44(61)53-30-17-14-28(15-18-30)42(59)52-24-6-1-3-9-27-10-7-11-31-33(27)26-57(45(31)62)37-20-21-38(58)55-43(37)60/h7-8,10-19,25,37,39,41,56H,1-2,4-6,20-24,26H2,(H,52,59)(H,53,61)(H,54,63)(H,55,58,60)/t37?,39?,41-,48-/m1/s1. The molecule has 4 aromatic rings. The molecule has 4 aliphatic heterocycles. The first-order valence-electron chi connectivity index (χ1n) is 21.2. The van der Waals surface area contributed by atoms with Crippen molar-refractivity contribution in [2.24, 2.45) is 0 Å². The predicted octanol–water partition coefficient (Wildman–Crippen LogP) is 6.74. The number of rotatable bonds is 8. The van der Waals surface area contributed by atoms with Gasteiger partial charge in [0, 0.05) is 70.5 Å². The van der Waals surface area contributed by atoms with Crippen molar-refractivity contribution in [1.29, 1.82) is 0 Å². The van der Waals surface area contributed by atoms with Crippen LogP contribution in [0.5, 0.6) is 0 Å². The van der Waals surface area contributed by atoms with E-state index in [4.69, 9.17) is 23.2 Å². The Morgan fingerprint density at radius 1 is 0.921 bits per heavy atom. The second-order valence-corrected chi connectivity index (χ2v) is 17.6. The van der Waals surface area contributed by atoms with Crippen LogP contribution in [0.25, 0.3) is 0 Å². The fourth-order valence-electron chi connectivity index (χ4n) is 10.5. The average molecular weight is 890 g/mol. The van der Waals surface area contributed by atoms with Gasteiger partial charge in [0.05, 0.1) is 11.1 Å². The Morgan fingerprint density at radius 3 is 2.48 bits per heavy atom. The molecule has 2 saturated heterocycles. The number of halogens is 3. The van der Waals surface area contributed by atoms with E-state index in [-0.39, 0.29) is 53.6 Å². The molecule has 63 heavy (non-hydrogen) atoms. The molecule has 15 heteroatoms. The highest BCUT2D eigenvalue weighted by Crippen LogP contribution is 2.63. The van der Waals surface area contributed by atoms with Gasteiger partial charge in [-0.15, -0.1) is 0 Å². The molecule has 3 fully saturated rings. The van der Waals surface area contributed by atoms with Crippen molar-refractivity contribution >= 4 is 70.0 Å². The first-order chi connectivity index (χ1) is 30.4. The molecule has 1 aliphatic carbocycles. The lowest BCUT2D eigenvalue weighted by Gasteiger charge is -2.47. The summed E-state index contributed by atoms with van der Waals surface area (Å²) in [6.07, 6.45) is 5.25. The van der Waals surface area contributed by atoms with Gasteiger partial charge < -0.3 is 20.9 Å². The number of carbonyl (C=O) groups excluding carboxylic acids is 6. The Kier molecular flexibility index (Phi) is 11.3. The minimum absolute atomic E-state index is 0.113. The van der Waals surface area contributed by atoms with Crippen LogP contribution in [0.1, 0.15) is 107 Å². The van der Waals surface area contributed by atoms with Crippen molar-refractivity contribution in [1.82, 2.24) is 20.9 Å². The highest BCUT2D eigenvalue weighted by Gasteiger charge is 2.72. The van der Waals surface area contributed by atoms with E-state index in [1.165, 1.54) is 11.0 Å². The average Bonchev–Trinajstić information content (AvgIpc) is 3.87. The predicted molar refractivity (Wildman–Crippen MR) is 235 cm³/mol. The van der Waals surface area contributed by atoms with E-state index in [1.54, 1.807) is 66.7 Å². The molecule has 2 spiro atoms. The summed E-state index contributed by atoms with van der Waals surface area (Å²) >= 11 is 12.8. The summed E-state index contributed by atoms with van der Waals surface area (Å²) in [6.45, 7) is 0.581. The zero-order valence-corrected chi connectivity index (χ0v) is 35.6. The molecule has 0 aromatic heterocycles. The van der Waals surface area contributed by atoms with Crippen molar-refractivity contribution in [2.45, 2.75) is 93.3 Å². The number of anilines is 2. The minimum Gasteiger partial charge on any atom is -0.352 e. The molecule has 322 valence electrons. The Hall–Kier alpha value is -6.07. The quantitative estimate of drug-likeness (QED) is 0.0743. The molecule has 1 saturated carbocycles. The zero-order valence-electron chi connectivity index (χ0n) is 34.0. The van der Waals surface area contributed by atoms with Gasteiger partial charge in [-0.25, -0.2) is 4.39 Å². The van der Waals surface area contributed by atoms with Crippen LogP contribution in [0, 0.1) is 17.7 Å². The lowest BCUT2D eigenvalue weighted by atomic mass is 9.55. The molecular weight excluding hydrogens is 846 g/mol. The van der Waals surface area contributed by atoms with Gasteiger partial charge in [-0.1, -0.05) is 78.6 Å². The Labute approximate surface area is 373 Å². The second-order valence-electron chi connectivity index (χ2n) is 16.8. The van der Waals surface area contributed by atoms with Crippen molar-refractivity contribution in [3.63, 3.8) is 0 Å². The van der Waals surface area contributed by atoms with Crippen molar-refractivity contribution in [2.75, 3.05) is 17.2 Å². The molecule has 4 aromatic carbocycles. The third kappa shape index (κ3) is 7.33. The molecule has 5 aliphatic rings. The monoisotopic (exact) mass is 888 g/mol. The van der Waals surface area contributed by atoms with Crippen molar-refractivity contribution in [3.05, 3.63) is 128 Å². The summed E-state index contributed by atoms with van der Waals surface area (Å²) in [7, 11) is 0. The van der Waals surface area contributed by atoms with E-state index in [0.29, 0.717) is 70.9 Å². The van der Waals surface area contributed by atoms with Crippen LogP contribution in [0.4, 0.5) is 15.8 Å². The summed E-state index contributed by atoms with van der Waals surface area (Å²) in [6, 6.07) is 19.9. The number of benzene rings is 4. The number of hydrogen-bond acceptors (Lipinski definition) is 7. The molecule has 4 heterocycles. The van der Waals surface area contributed by atoms with Crippen LogP contribution in [-0.4, -0.2) is 64.5 Å². The van der Waals surface area contributed by atoms with Gasteiger partial charge in [0.25, 0.3) is 11.8 Å². The molecule has 0 radical (unpaired) electrons. The minimum atomic E-state index is -1.36. The number of carbonyl (C=O) groups is 6. The van der Waals surface area contributed by atoms with Gasteiger partial charge in [0.15, 0.2) is 0 Å². The molecule has 12 nitrogen and oxygen atoms in total.